The molecule has 27 heavy (non-hydrogen) atoms. The van der Waals surface area contributed by atoms with E-state index in [2.05, 4.69) is 15.1 Å². The molecule has 0 radical (unpaired) electrons. The Balaban J connectivity index is 1.43. The second-order valence-corrected chi connectivity index (χ2v) is 6.45. The normalized spacial score (nSPS) is 16.0. The molecular weight excluding hydrogens is 359 g/mol. The van der Waals surface area contributed by atoms with Crippen molar-refractivity contribution in [3.05, 3.63) is 54.1 Å². The summed E-state index contributed by atoms with van der Waals surface area (Å²) in [6, 6.07) is 8.11. The van der Waals surface area contributed by atoms with Gasteiger partial charge in [-0.1, -0.05) is 12.1 Å². The van der Waals surface area contributed by atoms with Gasteiger partial charge in [0.15, 0.2) is 5.69 Å². The second-order valence-electron chi connectivity index (χ2n) is 6.45. The minimum atomic E-state index is -4.45. The van der Waals surface area contributed by atoms with Crippen molar-refractivity contribution in [1.82, 2.24) is 24.6 Å². The molecule has 1 amide bonds. The number of fused-ring (bicyclic) bond motifs is 1. The van der Waals surface area contributed by atoms with Gasteiger partial charge in [-0.3, -0.25) is 14.5 Å². The molecule has 0 atom stereocenters. The number of benzene rings is 1. The summed E-state index contributed by atoms with van der Waals surface area (Å²) < 4.78 is 39.4. The van der Waals surface area contributed by atoms with Gasteiger partial charge >= 0.3 is 6.18 Å². The number of carbonyl (C=O) groups is 1. The third-order valence-electron chi connectivity index (χ3n) is 4.69. The number of likely N-dealkylation sites (tertiary alicyclic amines) is 1. The van der Waals surface area contributed by atoms with Crippen molar-refractivity contribution in [2.45, 2.75) is 25.1 Å². The molecule has 0 unspecified atom stereocenters. The fourth-order valence-corrected chi connectivity index (χ4v) is 3.25. The molecule has 140 valence electrons. The third-order valence-corrected chi connectivity index (χ3v) is 4.69. The zero-order valence-electron chi connectivity index (χ0n) is 14.2. The number of para-hydroxylation sites is 2. The van der Waals surface area contributed by atoms with Gasteiger partial charge in [0.05, 0.1) is 23.3 Å². The molecule has 3 heterocycles. The number of amides is 1. The van der Waals surface area contributed by atoms with Crippen LogP contribution in [0.3, 0.4) is 0 Å². The highest BCUT2D eigenvalue weighted by molar-refractivity contribution is 5.93. The Bertz CT molecular complexity index is 976. The zero-order valence-corrected chi connectivity index (χ0v) is 14.2. The summed E-state index contributed by atoms with van der Waals surface area (Å²) in [6.45, 7) is 0.860. The van der Waals surface area contributed by atoms with Gasteiger partial charge in [-0.05, 0) is 31.0 Å². The van der Waals surface area contributed by atoms with E-state index in [1.54, 1.807) is 11.0 Å². The SMILES string of the molecule is O=C(c1cnc2ccccc2n1)N1CCC(n2ccc(C(F)(F)F)n2)CC1. The molecule has 1 aromatic carbocycles. The summed E-state index contributed by atoms with van der Waals surface area (Å²) in [5, 5.41) is 3.63. The molecule has 0 bridgehead atoms. The Labute approximate surface area is 152 Å². The lowest BCUT2D eigenvalue weighted by Gasteiger charge is -2.31. The Kier molecular flexibility index (Phi) is 4.29. The van der Waals surface area contributed by atoms with E-state index in [9.17, 15) is 18.0 Å². The topological polar surface area (TPSA) is 63.9 Å². The average molecular weight is 375 g/mol. The fourth-order valence-electron chi connectivity index (χ4n) is 3.25. The minimum absolute atomic E-state index is 0.159. The van der Waals surface area contributed by atoms with Crippen molar-refractivity contribution in [3.8, 4) is 0 Å². The number of hydrogen-bond donors (Lipinski definition) is 0. The van der Waals surface area contributed by atoms with E-state index in [-0.39, 0.29) is 17.6 Å². The molecule has 0 N–H and O–H groups in total. The maximum Gasteiger partial charge on any atom is 0.435 e. The monoisotopic (exact) mass is 375 g/mol. The molecular formula is C18H16F3N5O. The maximum atomic E-state index is 12.7. The Hall–Kier alpha value is -2.97. The van der Waals surface area contributed by atoms with Crippen LogP contribution in [0.25, 0.3) is 11.0 Å². The fraction of sp³-hybridized carbons (Fsp3) is 0.333. The van der Waals surface area contributed by atoms with Gasteiger partial charge in [-0.2, -0.15) is 18.3 Å². The predicted octanol–water partition coefficient (Wildman–Crippen LogP) is 3.32. The quantitative estimate of drug-likeness (QED) is 0.689. The largest absolute Gasteiger partial charge is 0.435 e. The van der Waals surface area contributed by atoms with Gasteiger partial charge in [0.25, 0.3) is 5.91 Å². The van der Waals surface area contributed by atoms with E-state index < -0.39 is 11.9 Å². The molecule has 1 aliphatic heterocycles. The van der Waals surface area contributed by atoms with Crippen LogP contribution in [0.2, 0.25) is 0 Å². The van der Waals surface area contributed by atoms with Crippen molar-refractivity contribution in [2.24, 2.45) is 0 Å². The number of piperidine rings is 1. The lowest BCUT2D eigenvalue weighted by Crippen LogP contribution is -2.39. The second kappa shape index (κ2) is 6.64. The van der Waals surface area contributed by atoms with E-state index in [1.165, 1.54) is 17.1 Å². The molecule has 0 saturated carbocycles. The number of carbonyl (C=O) groups excluding carboxylic acids is 1. The molecule has 4 rings (SSSR count). The van der Waals surface area contributed by atoms with Crippen LogP contribution >= 0.6 is 0 Å². The molecule has 1 fully saturated rings. The first-order valence-corrected chi connectivity index (χ1v) is 8.55. The van der Waals surface area contributed by atoms with Crippen molar-refractivity contribution in [3.63, 3.8) is 0 Å². The van der Waals surface area contributed by atoms with Crippen LogP contribution in [0.15, 0.2) is 42.7 Å². The Morgan fingerprint density at radius 1 is 1.07 bits per heavy atom. The van der Waals surface area contributed by atoms with Crippen LogP contribution < -0.4 is 0 Å². The molecule has 3 aromatic rings. The smallest absolute Gasteiger partial charge is 0.337 e. The van der Waals surface area contributed by atoms with E-state index in [1.807, 2.05) is 18.2 Å². The molecule has 0 aliphatic carbocycles. The minimum Gasteiger partial charge on any atom is -0.337 e. The third kappa shape index (κ3) is 3.49. The molecule has 6 nitrogen and oxygen atoms in total. The molecule has 9 heteroatoms. The van der Waals surface area contributed by atoms with Crippen molar-refractivity contribution >= 4 is 16.9 Å². The van der Waals surface area contributed by atoms with Crippen LogP contribution in [0.1, 0.15) is 35.1 Å². The lowest BCUT2D eigenvalue weighted by molar-refractivity contribution is -0.141. The Morgan fingerprint density at radius 3 is 2.44 bits per heavy atom. The average Bonchev–Trinajstić information content (AvgIpc) is 3.18. The van der Waals surface area contributed by atoms with Crippen LogP contribution in [-0.2, 0) is 6.18 Å². The Morgan fingerprint density at radius 2 is 1.78 bits per heavy atom. The number of nitrogens with zero attached hydrogens (tertiary/aromatic N) is 5. The highest BCUT2D eigenvalue weighted by atomic mass is 19.4. The summed E-state index contributed by atoms with van der Waals surface area (Å²) in [5.41, 5.74) is 0.736. The molecule has 1 aliphatic rings. The summed E-state index contributed by atoms with van der Waals surface area (Å²) in [5.74, 6) is -0.219. The van der Waals surface area contributed by atoms with Gasteiger partial charge in [-0.25, -0.2) is 4.98 Å². The molecule has 1 saturated heterocycles. The van der Waals surface area contributed by atoms with E-state index in [0.717, 1.165) is 6.07 Å². The summed E-state index contributed by atoms with van der Waals surface area (Å²) in [4.78, 5) is 22.9. The predicted molar refractivity (Wildman–Crippen MR) is 90.9 cm³/mol. The van der Waals surface area contributed by atoms with Crippen molar-refractivity contribution in [2.75, 3.05) is 13.1 Å². The van der Waals surface area contributed by atoms with Gasteiger partial charge < -0.3 is 4.90 Å². The van der Waals surface area contributed by atoms with Crippen molar-refractivity contribution in [1.29, 1.82) is 0 Å². The number of hydrogen-bond acceptors (Lipinski definition) is 4. The molecule has 2 aromatic heterocycles. The number of halogens is 3. The zero-order chi connectivity index (χ0) is 19.0. The summed E-state index contributed by atoms with van der Waals surface area (Å²) in [6.07, 6.45) is -0.576. The highest BCUT2D eigenvalue weighted by Crippen LogP contribution is 2.29. The first kappa shape index (κ1) is 17.4. The standard InChI is InChI=1S/C18H16F3N5O/c19-18(20,21)16-7-10-26(24-16)12-5-8-25(9-6-12)17(27)15-11-22-13-3-1-2-4-14(13)23-15/h1-4,7,10-12H,5-6,8-9H2. The van der Waals surface area contributed by atoms with Crippen molar-refractivity contribution < 1.29 is 18.0 Å². The summed E-state index contributed by atoms with van der Waals surface area (Å²) in [7, 11) is 0. The van der Waals surface area contributed by atoms with Crippen LogP contribution in [-0.4, -0.2) is 43.6 Å². The lowest BCUT2D eigenvalue weighted by atomic mass is 10.1. The van der Waals surface area contributed by atoms with Gasteiger partial charge in [0.2, 0.25) is 0 Å². The number of alkyl halides is 3. The van der Waals surface area contributed by atoms with Crippen LogP contribution in [0.4, 0.5) is 13.2 Å². The highest BCUT2D eigenvalue weighted by Gasteiger charge is 2.34. The molecule has 0 spiro atoms. The first-order valence-electron chi connectivity index (χ1n) is 8.55. The maximum absolute atomic E-state index is 12.7. The van der Waals surface area contributed by atoms with Gasteiger partial charge in [-0.15, -0.1) is 0 Å². The number of aromatic nitrogens is 4. The van der Waals surface area contributed by atoms with E-state index >= 15 is 0 Å². The van der Waals surface area contributed by atoms with Crippen LogP contribution in [0.5, 0.6) is 0 Å². The van der Waals surface area contributed by atoms with Gasteiger partial charge in [0, 0.05) is 19.3 Å². The van der Waals surface area contributed by atoms with E-state index in [4.69, 9.17) is 0 Å². The first-order chi connectivity index (χ1) is 12.9. The van der Waals surface area contributed by atoms with Crippen LogP contribution in [0, 0.1) is 0 Å². The van der Waals surface area contributed by atoms with Gasteiger partial charge in [0.1, 0.15) is 5.69 Å². The number of rotatable bonds is 2. The summed E-state index contributed by atoms with van der Waals surface area (Å²) >= 11 is 0. The van der Waals surface area contributed by atoms with E-state index in [0.29, 0.717) is 37.0 Å².